The van der Waals surface area contributed by atoms with Gasteiger partial charge in [-0.3, -0.25) is 4.98 Å². The van der Waals surface area contributed by atoms with Gasteiger partial charge in [0, 0.05) is 38.4 Å². The first-order chi connectivity index (χ1) is 21.4. The van der Waals surface area contributed by atoms with Crippen LogP contribution < -0.4 is 14.4 Å². The van der Waals surface area contributed by atoms with Crippen LogP contribution >= 0.6 is 0 Å². The molecule has 230 valence electrons. The average molecular weight is 605 g/mol. The Balaban J connectivity index is 1.40. The molecule has 0 amide bonds. The van der Waals surface area contributed by atoms with Crippen molar-refractivity contribution in [3.8, 4) is 23.0 Å². The molecule has 9 nitrogen and oxygen atoms in total. The minimum atomic E-state index is -0.685. The Morgan fingerprint density at radius 2 is 1.95 bits per heavy atom. The maximum absolute atomic E-state index is 16.8. The number of hydrogen-bond acceptors (Lipinski definition) is 9. The molecule has 11 heteroatoms. The molecule has 1 spiro atoms. The molecule has 4 aromatic rings. The number of rotatable bonds is 10. The minimum Gasteiger partial charge on any atom is -0.468 e. The molecule has 0 radical (unpaired) electrons. The highest BCUT2D eigenvalue weighted by Gasteiger charge is 2.45. The second-order valence-corrected chi connectivity index (χ2v) is 12.1. The molecular weight excluding hydrogens is 570 g/mol. The zero-order valence-electron chi connectivity index (χ0n) is 24.8. The molecule has 2 aromatic heterocycles. The Kier molecular flexibility index (Phi) is 7.32. The Morgan fingerprint density at radius 1 is 1.11 bits per heavy atom. The van der Waals surface area contributed by atoms with E-state index in [0.717, 1.165) is 45.0 Å². The van der Waals surface area contributed by atoms with E-state index in [4.69, 9.17) is 23.9 Å². The van der Waals surface area contributed by atoms with Crippen LogP contribution in [0.3, 0.4) is 0 Å². The number of hydrogen-bond donors (Lipinski definition) is 0. The first kappa shape index (κ1) is 28.8. The molecule has 0 unspecified atom stereocenters. The third-order valence-electron chi connectivity index (χ3n) is 9.17. The monoisotopic (exact) mass is 604 g/mol. The molecule has 2 aliphatic heterocycles. The third kappa shape index (κ3) is 5.01. The highest BCUT2D eigenvalue weighted by atomic mass is 19.1. The number of aromatic nitrogens is 3. The number of aldehydes is 1. The summed E-state index contributed by atoms with van der Waals surface area (Å²) in [7, 11) is 1.51. The van der Waals surface area contributed by atoms with Crippen LogP contribution in [0.5, 0.6) is 11.8 Å². The van der Waals surface area contributed by atoms with E-state index in [-0.39, 0.29) is 42.0 Å². The minimum absolute atomic E-state index is 0.00487. The number of halogens is 2. The summed E-state index contributed by atoms with van der Waals surface area (Å²) in [5.41, 5.74) is 0.0886. The van der Waals surface area contributed by atoms with Gasteiger partial charge in [-0.05, 0) is 66.6 Å². The number of carbonyl (C=O) groups excluding carboxylic acids is 1. The number of fused-ring (bicyclic) bond motifs is 2. The van der Waals surface area contributed by atoms with Gasteiger partial charge in [0.2, 0.25) is 0 Å². The largest absolute Gasteiger partial charge is 0.468 e. The highest BCUT2D eigenvalue weighted by molar-refractivity contribution is 6.01. The fraction of sp³-hybridized carbons (Fsp3) is 0.455. The van der Waals surface area contributed by atoms with Crippen LogP contribution in [0.25, 0.3) is 32.9 Å². The number of carbonyl (C=O) groups is 1. The van der Waals surface area contributed by atoms with E-state index in [2.05, 4.69) is 14.9 Å². The topological polar surface area (TPSA) is 95.9 Å². The van der Waals surface area contributed by atoms with Gasteiger partial charge in [-0.15, -0.1) is 0 Å². The number of anilines is 1. The fourth-order valence-electron chi connectivity index (χ4n) is 6.40. The number of benzene rings is 2. The summed E-state index contributed by atoms with van der Waals surface area (Å²) in [6.07, 6.45) is 7.16. The van der Waals surface area contributed by atoms with Gasteiger partial charge >= 0.3 is 6.01 Å². The normalized spacial score (nSPS) is 20.6. The zero-order chi connectivity index (χ0) is 30.5. The summed E-state index contributed by atoms with van der Waals surface area (Å²) in [4.78, 5) is 27.6. The van der Waals surface area contributed by atoms with Crippen molar-refractivity contribution in [3.63, 3.8) is 0 Å². The van der Waals surface area contributed by atoms with Crippen LogP contribution in [0, 0.1) is 17.0 Å². The van der Waals surface area contributed by atoms with E-state index in [0.29, 0.717) is 58.4 Å². The highest BCUT2D eigenvalue weighted by Crippen LogP contribution is 2.44. The lowest BCUT2D eigenvalue weighted by atomic mass is 9.86. The molecular formula is C33H34F2N4O5. The van der Waals surface area contributed by atoms with Crippen molar-refractivity contribution in [2.45, 2.75) is 51.0 Å². The van der Waals surface area contributed by atoms with Crippen molar-refractivity contribution in [1.29, 1.82) is 0 Å². The zero-order valence-corrected chi connectivity index (χ0v) is 24.8. The van der Waals surface area contributed by atoms with E-state index < -0.39 is 11.2 Å². The number of pyridine rings is 1. The molecule has 7 rings (SSSR count). The Bertz CT molecular complexity index is 1760. The maximum atomic E-state index is 16.8. The lowest BCUT2D eigenvalue weighted by molar-refractivity contribution is -0.151. The van der Waals surface area contributed by atoms with Crippen molar-refractivity contribution in [2.24, 2.45) is 5.41 Å². The lowest BCUT2D eigenvalue weighted by Crippen LogP contribution is -2.56. The van der Waals surface area contributed by atoms with Crippen molar-refractivity contribution < 1.29 is 32.5 Å². The first-order valence-electron chi connectivity index (χ1n) is 15.1. The average Bonchev–Trinajstić information content (AvgIpc) is 3.82. The quantitative estimate of drug-likeness (QED) is 0.165. The van der Waals surface area contributed by atoms with E-state index >= 15 is 8.78 Å². The molecule has 0 bridgehead atoms. The Labute approximate surface area is 253 Å². The number of methoxy groups -OCH3 is 1. The number of nitrogens with zero attached hydrogens (tertiary/aromatic N) is 4. The summed E-state index contributed by atoms with van der Waals surface area (Å²) in [6, 6.07) is 6.47. The van der Waals surface area contributed by atoms with Crippen molar-refractivity contribution in [1.82, 2.24) is 15.0 Å². The van der Waals surface area contributed by atoms with Gasteiger partial charge in [-0.2, -0.15) is 9.97 Å². The molecule has 4 heterocycles. The molecule has 1 saturated carbocycles. The maximum Gasteiger partial charge on any atom is 0.319 e. The van der Waals surface area contributed by atoms with Gasteiger partial charge < -0.3 is 28.6 Å². The predicted molar refractivity (Wildman–Crippen MR) is 160 cm³/mol. The van der Waals surface area contributed by atoms with E-state index in [1.54, 1.807) is 24.4 Å². The van der Waals surface area contributed by atoms with Crippen LogP contribution in [-0.4, -0.2) is 67.0 Å². The smallest absolute Gasteiger partial charge is 0.319 e. The van der Waals surface area contributed by atoms with Crippen molar-refractivity contribution in [3.05, 3.63) is 47.7 Å². The SMILES string of the molecule is CCc1c(F)ccc2cc(OCOC)cc(-c3ncc4c(N5CCC[C@@]6(CCO6)C5)nc(OCC5(C=O)CC5)nc4c3F)c12. The second-order valence-electron chi connectivity index (χ2n) is 12.1. The number of ether oxygens (including phenoxy) is 4. The Hall–Kier alpha value is -3.96. The van der Waals surface area contributed by atoms with Crippen LogP contribution in [-0.2, 0) is 20.7 Å². The Morgan fingerprint density at radius 3 is 2.66 bits per heavy atom. The molecule has 1 atom stereocenters. The number of aryl methyl sites for hydroxylation is 1. The molecule has 0 N–H and O–H groups in total. The fourth-order valence-corrected chi connectivity index (χ4v) is 6.40. The van der Waals surface area contributed by atoms with E-state index in [1.807, 2.05) is 6.92 Å². The molecule has 44 heavy (non-hydrogen) atoms. The van der Waals surface area contributed by atoms with Gasteiger partial charge in [0.15, 0.2) is 12.6 Å². The summed E-state index contributed by atoms with van der Waals surface area (Å²) < 4.78 is 54.7. The van der Waals surface area contributed by atoms with Gasteiger partial charge in [-0.1, -0.05) is 13.0 Å². The molecule has 3 fully saturated rings. The molecule has 3 aliphatic rings. The first-order valence-corrected chi connectivity index (χ1v) is 15.1. The molecule has 2 aromatic carbocycles. The summed E-state index contributed by atoms with van der Waals surface area (Å²) in [5, 5.41) is 1.67. The van der Waals surface area contributed by atoms with Crippen LogP contribution in [0.1, 0.15) is 44.6 Å². The van der Waals surface area contributed by atoms with Crippen LogP contribution in [0.2, 0.25) is 0 Å². The molecule has 1 aliphatic carbocycles. The summed E-state index contributed by atoms with van der Waals surface area (Å²) in [5.74, 6) is -0.124. The molecule has 2 saturated heterocycles. The van der Waals surface area contributed by atoms with E-state index in [1.165, 1.54) is 13.2 Å². The van der Waals surface area contributed by atoms with Gasteiger partial charge in [-0.25, -0.2) is 8.78 Å². The van der Waals surface area contributed by atoms with Crippen LogP contribution in [0.4, 0.5) is 14.6 Å². The lowest BCUT2D eigenvalue weighted by Gasteiger charge is -2.48. The standard InChI is InChI=1S/C33H34F2N4O5/c1-3-22-25(34)6-5-20-13-21(43-19-41-2)14-23(26(20)22)28-27(35)29-24(15-36-28)30(39-11-4-7-33(16-39)10-12-44-33)38-31(37-29)42-18-32(17-40)8-9-32/h5-6,13-15,17H,3-4,7-12,16,18-19H2,1-2H3/t33-/m1/s1. The summed E-state index contributed by atoms with van der Waals surface area (Å²) in [6.45, 7) is 4.01. The predicted octanol–water partition coefficient (Wildman–Crippen LogP) is 5.79. The van der Waals surface area contributed by atoms with Crippen LogP contribution in [0.15, 0.2) is 30.5 Å². The van der Waals surface area contributed by atoms with E-state index in [9.17, 15) is 4.79 Å². The van der Waals surface area contributed by atoms with Gasteiger partial charge in [0.05, 0.1) is 23.0 Å². The summed E-state index contributed by atoms with van der Waals surface area (Å²) >= 11 is 0. The van der Waals surface area contributed by atoms with Gasteiger partial charge in [0.25, 0.3) is 0 Å². The van der Waals surface area contributed by atoms with Crippen molar-refractivity contribution >= 4 is 33.8 Å². The van der Waals surface area contributed by atoms with Crippen molar-refractivity contribution in [2.75, 3.05) is 45.1 Å². The second kappa shape index (κ2) is 11.2. The number of piperidine rings is 1. The van der Waals surface area contributed by atoms with Gasteiger partial charge in [0.1, 0.15) is 41.5 Å². The third-order valence-corrected chi connectivity index (χ3v) is 9.17.